The SMILES string of the molecule is Cc1cc(=O)c(C(=O)Nc2ccc(-c3cn4c(n3)CCCC4)cc2)nn1-c1ccccc1[N+](=O)[O-]. The van der Waals surface area contributed by atoms with Crippen molar-refractivity contribution >= 4 is 17.3 Å². The molecule has 35 heavy (non-hydrogen) atoms. The molecule has 0 bridgehead atoms. The zero-order chi connectivity index (χ0) is 24.5. The van der Waals surface area contributed by atoms with Crippen molar-refractivity contribution in [3.05, 3.63) is 98.3 Å². The van der Waals surface area contributed by atoms with Gasteiger partial charge in [0.2, 0.25) is 5.43 Å². The van der Waals surface area contributed by atoms with Crippen molar-refractivity contribution in [1.29, 1.82) is 0 Å². The number of imidazole rings is 1. The summed E-state index contributed by atoms with van der Waals surface area (Å²) in [4.78, 5) is 41.0. The Morgan fingerprint density at radius 3 is 2.63 bits per heavy atom. The summed E-state index contributed by atoms with van der Waals surface area (Å²) in [6, 6.07) is 14.4. The summed E-state index contributed by atoms with van der Waals surface area (Å²) in [6.45, 7) is 2.57. The Hall–Kier alpha value is -4.60. The van der Waals surface area contributed by atoms with Gasteiger partial charge in [0.1, 0.15) is 11.5 Å². The summed E-state index contributed by atoms with van der Waals surface area (Å²) in [5.74, 6) is 0.386. The van der Waals surface area contributed by atoms with Crippen LogP contribution in [0.2, 0.25) is 0 Å². The Bertz CT molecular complexity index is 1480. The van der Waals surface area contributed by atoms with Gasteiger partial charge in [-0.2, -0.15) is 5.10 Å². The molecule has 0 fully saturated rings. The number of hydrogen-bond acceptors (Lipinski definition) is 6. The maximum atomic E-state index is 12.9. The van der Waals surface area contributed by atoms with Crippen molar-refractivity contribution in [3.63, 3.8) is 0 Å². The number of rotatable bonds is 5. The van der Waals surface area contributed by atoms with E-state index < -0.39 is 16.3 Å². The van der Waals surface area contributed by atoms with Gasteiger partial charge in [0, 0.05) is 48.2 Å². The van der Waals surface area contributed by atoms with Gasteiger partial charge in [-0.3, -0.25) is 19.7 Å². The second kappa shape index (κ2) is 8.98. The number of anilines is 1. The molecule has 0 unspecified atom stereocenters. The zero-order valence-corrected chi connectivity index (χ0v) is 19.0. The van der Waals surface area contributed by atoms with Crippen LogP contribution in [0.4, 0.5) is 11.4 Å². The summed E-state index contributed by atoms with van der Waals surface area (Å²) in [5.41, 5.74) is 1.71. The molecule has 0 radical (unpaired) electrons. The molecule has 0 aliphatic carbocycles. The lowest BCUT2D eigenvalue weighted by atomic mass is 10.1. The van der Waals surface area contributed by atoms with Crippen molar-refractivity contribution in [2.45, 2.75) is 32.7 Å². The van der Waals surface area contributed by atoms with Crippen LogP contribution in [0.5, 0.6) is 0 Å². The zero-order valence-electron chi connectivity index (χ0n) is 19.0. The summed E-state index contributed by atoms with van der Waals surface area (Å²) in [7, 11) is 0. The van der Waals surface area contributed by atoms with Crippen LogP contribution in [0.15, 0.2) is 65.6 Å². The molecule has 3 heterocycles. The lowest BCUT2D eigenvalue weighted by Crippen LogP contribution is -2.27. The molecule has 10 heteroatoms. The number of hydrogen-bond donors (Lipinski definition) is 1. The molecule has 0 atom stereocenters. The number of nitro benzene ring substituents is 1. The summed E-state index contributed by atoms with van der Waals surface area (Å²) in [5, 5.41) is 18.3. The molecule has 1 amide bonds. The highest BCUT2D eigenvalue weighted by Gasteiger charge is 2.20. The molecular weight excluding hydrogens is 448 g/mol. The molecule has 5 rings (SSSR count). The highest BCUT2D eigenvalue weighted by molar-refractivity contribution is 6.02. The predicted octanol–water partition coefficient (Wildman–Crippen LogP) is 3.90. The molecule has 0 spiro atoms. The van der Waals surface area contributed by atoms with Crippen LogP contribution >= 0.6 is 0 Å². The standard InChI is InChI=1S/C25H22N6O4/c1-16-14-22(32)24(28-30(16)20-6-2-3-7-21(20)31(34)35)25(33)26-18-11-9-17(10-12-18)19-15-29-13-5-4-8-23(29)27-19/h2-3,6-7,9-12,14-15H,4-5,8,13H2,1H3,(H,26,33). The van der Waals surface area contributed by atoms with Crippen molar-refractivity contribution in [1.82, 2.24) is 19.3 Å². The average Bonchev–Trinajstić information content (AvgIpc) is 3.29. The van der Waals surface area contributed by atoms with Crippen molar-refractivity contribution in [2.24, 2.45) is 0 Å². The first-order valence-electron chi connectivity index (χ1n) is 11.2. The van der Waals surface area contributed by atoms with Crippen LogP contribution < -0.4 is 10.7 Å². The van der Waals surface area contributed by atoms with Gasteiger partial charge in [-0.05, 0) is 38.0 Å². The van der Waals surface area contributed by atoms with E-state index in [2.05, 4.69) is 15.0 Å². The fraction of sp³-hybridized carbons (Fsp3) is 0.200. The van der Waals surface area contributed by atoms with Crippen LogP contribution in [0.1, 0.15) is 34.8 Å². The fourth-order valence-corrected chi connectivity index (χ4v) is 4.21. The van der Waals surface area contributed by atoms with Crippen LogP contribution in [0, 0.1) is 17.0 Å². The van der Waals surface area contributed by atoms with Gasteiger partial charge in [-0.1, -0.05) is 24.3 Å². The number of carbonyl (C=O) groups is 1. The second-order valence-corrected chi connectivity index (χ2v) is 8.38. The highest BCUT2D eigenvalue weighted by atomic mass is 16.6. The third kappa shape index (κ3) is 4.33. The lowest BCUT2D eigenvalue weighted by molar-refractivity contribution is -0.384. The highest BCUT2D eigenvalue weighted by Crippen LogP contribution is 2.25. The maximum Gasteiger partial charge on any atom is 0.294 e. The number of aromatic nitrogens is 4. The van der Waals surface area contributed by atoms with Gasteiger partial charge in [-0.15, -0.1) is 0 Å². The molecule has 0 saturated heterocycles. The summed E-state index contributed by atoms with van der Waals surface area (Å²) < 4.78 is 3.41. The van der Waals surface area contributed by atoms with E-state index in [-0.39, 0.29) is 17.1 Å². The van der Waals surface area contributed by atoms with E-state index in [1.165, 1.54) is 28.9 Å². The molecule has 0 saturated carbocycles. The van der Waals surface area contributed by atoms with Gasteiger partial charge in [0.05, 0.1) is 10.6 Å². The number of benzene rings is 2. The number of para-hydroxylation sites is 2. The third-order valence-electron chi connectivity index (χ3n) is 5.98. The number of carbonyl (C=O) groups excluding carboxylic acids is 1. The minimum atomic E-state index is -0.701. The fourth-order valence-electron chi connectivity index (χ4n) is 4.21. The van der Waals surface area contributed by atoms with Gasteiger partial charge in [0.15, 0.2) is 5.69 Å². The number of aryl methyl sites for hydroxylation is 3. The molecule has 10 nitrogen and oxygen atoms in total. The number of nitro groups is 1. The van der Waals surface area contributed by atoms with E-state index >= 15 is 0 Å². The third-order valence-corrected chi connectivity index (χ3v) is 5.98. The molecular formula is C25H22N6O4. The first-order chi connectivity index (χ1) is 16.9. The van der Waals surface area contributed by atoms with E-state index in [1.54, 1.807) is 25.1 Å². The Morgan fingerprint density at radius 1 is 1.11 bits per heavy atom. The van der Waals surface area contributed by atoms with Crippen molar-refractivity contribution in [3.8, 4) is 16.9 Å². The Morgan fingerprint density at radius 2 is 1.89 bits per heavy atom. The van der Waals surface area contributed by atoms with Crippen LogP contribution in [0.25, 0.3) is 16.9 Å². The van der Waals surface area contributed by atoms with Crippen LogP contribution in [0.3, 0.4) is 0 Å². The number of amides is 1. The van der Waals surface area contributed by atoms with Gasteiger partial charge in [0.25, 0.3) is 11.6 Å². The van der Waals surface area contributed by atoms with E-state index in [0.717, 1.165) is 42.9 Å². The minimum absolute atomic E-state index is 0.163. The summed E-state index contributed by atoms with van der Waals surface area (Å²) in [6.07, 6.45) is 5.32. The largest absolute Gasteiger partial charge is 0.334 e. The van der Waals surface area contributed by atoms with Crippen LogP contribution in [-0.2, 0) is 13.0 Å². The van der Waals surface area contributed by atoms with Gasteiger partial charge < -0.3 is 9.88 Å². The maximum absolute atomic E-state index is 12.9. The van der Waals surface area contributed by atoms with Crippen molar-refractivity contribution < 1.29 is 9.72 Å². The molecule has 1 N–H and O–H groups in total. The quantitative estimate of drug-likeness (QED) is 0.348. The molecule has 176 valence electrons. The van der Waals surface area contributed by atoms with Crippen LogP contribution in [-0.4, -0.2) is 30.2 Å². The molecule has 4 aromatic rings. The molecule has 1 aliphatic rings. The molecule has 2 aromatic carbocycles. The lowest BCUT2D eigenvalue weighted by Gasteiger charge is -2.12. The van der Waals surface area contributed by atoms with Gasteiger partial charge in [-0.25, -0.2) is 9.67 Å². The topological polar surface area (TPSA) is 125 Å². The number of nitrogens with zero attached hydrogens (tertiary/aromatic N) is 5. The average molecular weight is 470 g/mol. The normalized spacial score (nSPS) is 12.7. The van der Waals surface area contributed by atoms with E-state index in [4.69, 9.17) is 4.98 Å². The summed E-state index contributed by atoms with van der Waals surface area (Å²) >= 11 is 0. The number of nitrogens with one attached hydrogen (secondary N) is 1. The minimum Gasteiger partial charge on any atom is -0.334 e. The molecule has 2 aromatic heterocycles. The second-order valence-electron chi connectivity index (χ2n) is 8.38. The van der Waals surface area contributed by atoms with E-state index in [0.29, 0.717) is 11.4 Å². The Labute approximate surface area is 200 Å². The van der Waals surface area contributed by atoms with Gasteiger partial charge >= 0.3 is 0 Å². The van der Waals surface area contributed by atoms with Crippen molar-refractivity contribution in [2.75, 3.05) is 5.32 Å². The van der Waals surface area contributed by atoms with E-state index in [9.17, 15) is 19.7 Å². The number of fused-ring (bicyclic) bond motifs is 1. The Balaban J connectivity index is 1.40. The molecule has 1 aliphatic heterocycles. The monoisotopic (exact) mass is 470 g/mol. The van der Waals surface area contributed by atoms with E-state index in [1.807, 2.05) is 18.3 Å². The smallest absolute Gasteiger partial charge is 0.294 e. The first-order valence-corrected chi connectivity index (χ1v) is 11.2. The predicted molar refractivity (Wildman–Crippen MR) is 130 cm³/mol. The Kier molecular flexibility index (Phi) is 5.69. The first kappa shape index (κ1) is 22.2.